The number of nitrogens with one attached hydrogen (secondary N) is 1. The number of rotatable bonds is 3. The standard InChI is InChI=1S/C14H21NOS/c1-9(2)14-13(15-3)12-7-11(16-4)6-5-10(12)8-17-14/h5-7,9,13-15H,8H2,1-4H3. The molecule has 0 amide bonds. The van der Waals surface area contributed by atoms with Crippen molar-refractivity contribution in [3.63, 3.8) is 0 Å². The molecule has 1 heterocycles. The van der Waals surface area contributed by atoms with Crippen LogP contribution in [0.1, 0.15) is 31.0 Å². The van der Waals surface area contributed by atoms with Crippen molar-refractivity contribution < 1.29 is 4.74 Å². The van der Waals surface area contributed by atoms with Crippen LogP contribution in [0.3, 0.4) is 0 Å². The summed E-state index contributed by atoms with van der Waals surface area (Å²) >= 11 is 2.06. The molecule has 0 saturated heterocycles. The van der Waals surface area contributed by atoms with Crippen LogP contribution in [0.2, 0.25) is 0 Å². The smallest absolute Gasteiger partial charge is 0.119 e. The molecule has 3 heteroatoms. The van der Waals surface area contributed by atoms with E-state index in [0.29, 0.717) is 17.2 Å². The Labute approximate surface area is 108 Å². The molecular formula is C14H21NOS. The number of hydrogen-bond donors (Lipinski definition) is 1. The fourth-order valence-electron chi connectivity index (χ4n) is 2.48. The maximum absolute atomic E-state index is 5.33. The van der Waals surface area contributed by atoms with E-state index >= 15 is 0 Å². The van der Waals surface area contributed by atoms with Gasteiger partial charge in [-0.05, 0) is 36.2 Å². The number of methoxy groups -OCH3 is 1. The molecule has 1 aliphatic heterocycles. The summed E-state index contributed by atoms with van der Waals surface area (Å²) < 4.78 is 5.33. The topological polar surface area (TPSA) is 21.3 Å². The SMILES string of the molecule is CNC1c2cc(OC)ccc2CSC1C(C)C. The Morgan fingerprint density at radius 3 is 2.76 bits per heavy atom. The lowest BCUT2D eigenvalue weighted by molar-refractivity contribution is 0.410. The van der Waals surface area contributed by atoms with E-state index in [-0.39, 0.29) is 0 Å². The molecule has 2 nitrogen and oxygen atoms in total. The Morgan fingerprint density at radius 1 is 1.41 bits per heavy atom. The van der Waals surface area contributed by atoms with E-state index in [0.717, 1.165) is 11.5 Å². The Kier molecular flexibility index (Phi) is 4.00. The average Bonchev–Trinajstić information content (AvgIpc) is 2.36. The molecule has 17 heavy (non-hydrogen) atoms. The number of fused-ring (bicyclic) bond motifs is 1. The second-order valence-corrected chi connectivity index (χ2v) is 6.02. The molecule has 0 fully saturated rings. The molecule has 94 valence electrons. The summed E-state index contributed by atoms with van der Waals surface area (Å²) in [5.41, 5.74) is 2.84. The maximum Gasteiger partial charge on any atom is 0.119 e. The second kappa shape index (κ2) is 5.32. The molecule has 0 saturated carbocycles. The largest absolute Gasteiger partial charge is 0.497 e. The summed E-state index contributed by atoms with van der Waals surface area (Å²) in [6.45, 7) is 4.60. The van der Waals surface area contributed by atoms with Gasteiger partial charge < -0.3 is 10.1 Å². The third-order valence-corrected chi connectivity index (χ3v) is 5.10. The van der Waals surface area contributed by atoms with E-state index in [4.69, 9.17) is 4.74 Å². The van der Waals surface area contributed by atoms with Crippen LogP contribution in [-0.2, 0) is 5.75 Å². The summed E-state index contributed by atoms with van der Waals surface area (Å²) in [5, 5.41) is 4.10. The van der Waals surface area contributed by atoms with E-state index in [1.807, 2.05) is 0 Å². The maximum atomic E-state index is 5.33. The summed E-state index contributed by atoms with van der Waals surface area (Å²) in [6.07, 6.45) is 0. The zero-order chi connectivity index (χ0) is 12.4. The van der Waals surface area contributed by atoms with Gasteiger partial charge in [-0.15, -0.1) is 0 Å². The average molecular weight is 251 g/mol. The second-order valence-electron chi connectivity index (χ2n) is 4.85. The molecule has 2 unspecified atom stereocenters. The molecular weight excluding hydrogens is 230 g/mol. The Morgan fingerprint density at radius 2 is 2.18 bits per heavy atom. The van der Waals surface area contributed by atoms with Gasteiger partial charge in [0.1, 0.15) is 5.75 Å². The van der Waals surface area contributed by atoms with Crippen molar-refractivity contribution in [1.29, 1.82) is 0 Å². The highest BCUT2D eigenvalue weighted by Crippen LogP contribution is 2.41. The van der Waals surface area contributed by atoms with Crippen molar-refractivity contribution in [2.24, 2.45) is 5.92 Å². The van der Waals surface area contributed by atoms with Gasteiger partial charge in [0.15, 0.2) is 0 Å². The molecule has 0 radical (unpaired) electrons. The van der Waals surface area contributed by atoms with E-state index in [1.165, 1.54) is 11.1 Å². The molecule has 2 rings (SSSR count). The van der Waals surface area contributed by atoms with Gasteiger partial charge in [0.05, 0.1) is 7.11 Å². The quantitative estimate of drug-likeness (QED) is 0.891. The minimum Gasteiger partial charge on any atom is -0.497 e. The lowest BCUT2D eigenvalue weighted by Crippen LogP contribution is -2.34. The summed E-state index contributed by atoms with van der Waals surface area (Å²) in [5.74, 6) is 2.75. The van der Waals surface area contributed by atoms with Crippen LogP contribution in [0.4, 0.5) is 0 Å². The molecule has 0 bridgehead atoms. The van der Waals surface area contributed by atoms with Crippen LogP contribution < -0.4 is 10.1 Å². The van der Waals surface area contributed by atoms with Crippen LogP contribution >= 0.6 is 11.8 Å². The van der Waals surface area contributed by atoms with E-state index < -0.39 is 0 Å². The highest BCUT2D eigenvalue weighted by Gasteiger charge is 2.31. The Balaban J connectivity index is 2.38. The van der Waals surface area contributed by atoms with E-state index in [9.17, 15) is 0 Å². The Hall–Kier alpha value is -0.670. The summed E-state index contributed by atoms with van der Waals surface area (Å²) in [4.78, 5) is 0. The first-order valence-electron chi connectivity index (χ1n) is 6.13. The van der Waals surface area contributed by atoms with Crippen molar-refractivity contribution in [3.05, 3.63) is 29.3 Å². The van der Waals surface area contributed by atoms with Gasteiger partial charge in [0.25, 0.3) is 0 Å². The molecule has 0 aliphatic carbocycles. The van der Waals surface area contributed by atoms with Crippen molar-refractivity contribution in [3.8, 4) is 5.75 Å². The van der Waals surface area contributed by atoms with Gasteiger partial charge in [-0.25, -0.2) is 0 Å². The Bertz CT molecular complexity index is 392. The summed E-state index contributed by atoms with van der Waals surface area (Å²) in [6, 6.07) is 6.87. The zero-order valence-corrected chi connectivity index (χ0v) is 11.8. The lowest BCUT2D eigenvalue weighted by atomic mass is 9.92. The minimum atomic E-state index is 0.429. The van der Waals surface area contributed by atoms with E-state index in [2.05, 4.69) is 56.2 Å². The van der Waals surface area contributed by atoms with Crippen LogP contribution in [0.25, 0.3) is 0 Å². The normalized spacial score (nSPS) is 23.6. The van der Waals surface area contributed by atoms with Crippen molar-refractivity contribution in [2.45, 2.75) is 30.9 Å². The zero-order valence-electron chi connectivity index (χ0n) is 11.0. The van der Waals surface area contributed by atoms with Crippen LogP contribution in [0.15, 0.2) is 18.2 Å². The third kappa shape index (κ3) is 2.45. The van der Waals surface area contributed by atoms with Gasteiger partial charge in [-0.1, -0.05) is 19.9 Å². The fraction of sp³-hybridized carbons (Fsp3) is 0.571. The van der Waals surface area contributed by atoms with Crippen molar-refractivity contribution in [1.82, 2.24) is 5.32 Å². The molecule has 1 aromatic rings. The molecule has 2 atom stereocenters. The first-order valence-corrected chi connectivity index (χ1v) is 7.18. The molecule has 1 N–H and O–H groups in total. The molecule has 0 spiro atoms. The molecule has 1 aliphatic rings. The van der Waals surface area contributed by atoms with Crippen molar-refractivity contribution in [2.75, 3.05) is 14.2 Å². The van der Waals surface area contributed by atoms with Gasteiger partial charge in [-0.3, -0.25) is 0 Å². The van der Waals surface area contributed by atoms with Crippen LogP contribution in [0.5, 0.6) is 5.75 Å². The predicted octanol–water partition coefficient (Wildman–Crippen LogP) is 3.23. The van der Waals surface area contributed by atoms with Gasteiger partial charge in [-0.2, -0.15) is 11.8 Å². The highest BCUT2D eigenvalue weighted by molar-refractivity contribution is 7.99. The van der Waals surface area contributed by atoms with Gasteiger partial charge in [0.2, 0.25) is 0 Å². The van der Waals surface area contributed by atoms with Gasteiger partial charge >= 0.3 is 0 Å². The van der Waals surface area contributed by atoms with E-state index in [1.54, 1.807) is 7.11 Å². The lowest BCUT2D eigenvalue weighted by Gasteiger charge is -2.35. The van der Waals surface area contributed by atoms with Crippen molar-refractivity contribution >= 4 is 11.8 Å². The first-order chi connectivity index (χ1) is 8.17. The van der Waals surface area contributed by atoms with Crippen LogP contribution in [-0.4, -0.2) is 19.4 Å². The minimum absolute atomic E-state index is 0.429. The monoisotopic (exact) mass is 251 g/mol. The summed E-state index contributed by atoms with van der Waals surface area (Å²) in [7, 11) is 3.78. The number of thioether (sulfide) groups is 1. The predicted molar refractivity (Wildman–Crippen MR) is 74.7 cm³/mol. The molecule has 0 aromatic heterocycles. The fourth-order valence-corrected chi connectivity index (χ4v) is 3.97. The van der Waals surface area contributed by atoms with Gasteiger partial charge in [0, 0.05) is 17.0 Å². The first kappa shape index (κ1) is 12.8. The third-order valence-electron chi connectivity index (χ3n) is 3.42. The molecule has 1 aromatic carbocycles. The van der Waals surface area contributed by atoms with Crippen LogP contribution in [0, 0.1) is 5.92 Å². The number of ether oxygens (including phenoxy) is 1. The number of benzene rings is 1. The number of hydrogen-bond acceptors (Lipinski definition) is 3. The highest BCUT2D eigenvalue weighted by atomic mass is 32.2.